The summed E-state index contributed by atoms with van der Waals surface area (Å²) >= 11 is 1.61. The number of anilines is 1. The molecular weight excluding hydrogens is 248 g/mol. The van der Waals surface area contributed by atoms with Crippen LogP contribution < -0.4 is 4.90 Å². The fourth-order valence-electron chi connectivity index (χ4n) is 2.26. The van der Waals surface area contributed by atoms with Crippen LogP contribution in [0.15, 0.2) is 0 Å². The maximum Gasteiger partial charge on any atom is 0.185 e. The van der Waals surface area contributed by atoms with E-state index in [4.69, 9.17) is 9.72 Å². The third kappa shape index (κ3) is 2.68. The van der Waals surface area contributed by atoms with Gasteiger partial charge in [-0.1, -0.05) is 32.1 Å². The number of rotatable bonds is 3. The van der Waals surface area contributed by atoms with E-state index in [1.54, 1.807) is 18.4 Å². The smallest absolute Gasteiger partial charge is 0.185 e. The molecule has 1 saturated heterocycles. The van der Waals surface area contributed by atoms with Gasteiger partial charge in [0.25, 0.3) is 0 Å². The zero-order valence-electron chi connectivity index (χ0n) is 11.6. The van der Waals surface area contributed by atoms with Crippen molar-refractivity contribution in [3.63, 3.8) is 0 Å². The standard InChI is InChI=1S/C13H22N2O2S/c1-13(2,3)11-10(8-16)18-12(14-11)15-6-5-9(7-15)17-4/h9,16H,5-8H2,1-4H3. The molecule has 0 bridgehead atoms. The van der Waals surface area contributed by atoms with E-state index in [-0.39, 0.29) is 12.0 Å². The second-order valence-corrected chi connectivity index (χ2v) is 6.83. The van der Waals surface area contributed by atoms with Crippen molar-refractivity contribution in [1.82, 2.24) is 4.98 Å². The molecule has 0 radical (unpaired) electrons. The molecule has 0 amide bonds. The number of nitrogens with zero attached hydrogens (tertiary/aromatic N) is 2. The topological polar surface area (TPSA) is 45.6 Å². The highest BCUT2D eigenvalue weighted by molar-refractivity contribution is 7.15. The fourth-order valence-corrected chi connectivity index (χ4v) is 3.43. The molecule has 2 heterocycles. The largest absolute Gasteiger partial charge is 0.391 e. The SMILES string of the molecule is COC1CCN(c2nc(C(C)(C)C)c(CO)s2)C1. The molecular formula is C13H22N2O2S. The minimum absolute atomic E-state index is 0.0206. The van der Waals surface area contributed by atoms with Gasteiger partial charge in [0.05, 0.1) is 23.3 Å². The summed E-state index contributed by atoms with van der Waals surface area (Å²) < 4.78 is 5.38. The predicted octanol–water partition coefficient (Wildman–Crippen LogP) is 2.16. The van der Waals surface area contributed by atoms with Crippen molar-refractivity contribution in [3.8, 4) is 0 Å². The number of ether oxygens (including phenoxy) is 1. The molecule has 1 fully saturated rings. The highest BCUT2D eigenvalue weighted by Gasteiger charge is 2.28. The van der Waals surface area contributed by atoms with Gasteiger partial charge in [-0.3, -0.25) is 0 Å². The van der Waals surface area contributed by atoms with Crippen molar-refractivity contribution < 1.29 is 9.84 Å². The average molecular weight is 270 g/mol. The molecule has 1 atom stereocenters. The van der Waals surface area contributed by atoms with E-state index >= 15 is 0 Å². The summed E-state index contributed by atoms with van der Waals surface area (Å²) in [6.45, 7) is 8.36. The van der Waals surface area contributed by atoms with Crippen LogP contribution in [0.1, 0.15) is 37.8 Å². The Morgan fingerprint density at radius 2 is 2.22 bits per heavy atom. The summed E-state index contributed by atoms with van der Waals surface area (Å²) in [6, 6.07) is 0. The Hall–Kier alpha value is -0.650. The zero-order chi connectivity index (χ0) is 13.3. The van der Waals surface area contributed by atoms with Gasteiger partial charge in [0, 0.05) is 25.6 Å². The number of hydrogen-bond acceptors (Lipinski definition) is 5. The van der Waals surface area contributed by atoms with Gasteiger partial charge >= 0.3 is 0 Å². The molecule has 1 unspecified atom stereocenters. The molecule has 0 aliphatic carbocycles. The molecule has 0 aromatic carbocycles. The lowest BCUT2D eigenvalue weighted by molar-refractivity contribution is 0.121. The second kappa shape index (κ2) is 5.15. The molecule has 1 aliphatic heterocycles. The lowest BCUT2D eigenvalue weighted by Crippen LogP contribution is -2.22. The Bertz CT molecular complexity index is 412. The minimum atomic E-state index is -0.0206. The first-order valence-corrected chi connectivity index (χ1v) is 7.16. The number of aliphatic hydroxyl groups excluding tert-OH is 1. The van der Waals surface area contributed by atoms with Crippen molar-refractivity contribution in [2.75, 3.05) is 25.1 Å². The molecule has 5 heteroatoms. The number of methoxy groups -OCH3 is 1. The van der Waals surface area contributed by atoms with Gasteiger partial charge in [0.1, 0.15) is 0 Å². The number of aliphatic hydroxyl groups is 1. The zero-order valence-corrected chi connectivity index (χ0v) is 12.4. The lowest BCUT2D eigenvalue weighted by Gasteiger charge is -2.17. The highest BCUT2D eigenvalue weighted by Crippen LogP contribution is 2.35. The van der Waals surface area contributed by atoms with Crippen LogP contribution in [0.25, 0.3) is 0 Å². The summed E-state index contributed by atoms with van der Waals surface area (Å²) in [4.78, 5) is 7.97. The van der Waals surface area contributed by atoms with Gasteiger partial charge in [-0.15, -0.1) is 0 Å². The van der Waals surface area contributed by atoms with Crippen LogP contribution in [0.4, 0.5) is 5.13 Å². The van der Waals surface area contributed by atoms with Crippen molar-refractivity contribution in [2.24, 2.45) is 0 Å². The Morgan fingerprint density at radius 3 is 2.67 bits per heavy atom. The van der Waals surface area contributed by atoms with E-state index < -0.39 is 0 Å². The van der Waals surface area contributed by atoms with Crippen molar-refractivity contribution in [1.29, 1.82) is 0 Å². The summed E-state index contributed by atoms with van der Waals surface area (Å²) in [5.41, 5.74) is 0.999. The summed E-state index contributed by atoms with van der Waals surface area (Å²) in [5.74, 6) is 0. The minimum Gasteiger partial charge on any atom is -0.391 e. The Balaban J connectivity index is 2.23. The molecule has 0 saturated carbocycles. The molecule has 1 aromatic rings. The second-order valence-electron chi connectivity index (χ2n) is 5.77. The fraction of sp³-hybridized carbons (Fsp3) is 0.769. The lowest BCUT2D eigenvalue weighted by atomic mass is 9.91. The van der Waals surface area contributed by atoms with Gasteiger partial charge in [0.15, 0.2) is 5.13 Å². The van der Waals surface area contributed by atoms with Crippen molar-refractivity contribution in [3.05, 3.63) is 10.6 Å². The Morgan fingerprint density at radius 1 is 1.50 bits per heavy atom. The molecule has 1 aliphatic rings. The van der Waals surface area contributed by atoms with Crippen LogP contribution in [0.2, 0.25) is 0 Å². The first-order chi connectivity index (χ1) is 8.45. The molecule has 4 nitrogen and oxygen atoms in total. The molecule has 0 spiro atoms. The van der Waals surface area contributed by atoms with Crippen LogP contribution in [0.5, 0.6) is 0 Å². The van der Waals surface area contributed by atoms with E-state index in [2.05, 4.69) is 25.7 Å². The van der Waals surface area contributed by atoms with E-state index in [1.165, 1.54) is 0 Å². The molecule has 18 heavy (non-hydrogen) atoms. The monoisotopic (exact) mass is 270 g/mol. The Labute approximate surface area is 113 Å². The maximum absolute atomic E-state index is 9.46. The summed E-state index contributed by atoms with van der Waals surface area (Å²) in [7, 11) is 1.76. The highest BCUT2D eigenvalue weighted by atomic mass is 32.1. The third-order valence-corrected chi connectivity index (χ3v) is 4.39. The quantitative estimate of drug-likeness (QED) is 0.914. The molecule has 2 rings (SSSR count). The van der Waals surface area contributed by atoms with Crippen molar-refractivity contribution >= 4 is 16.5 Å². The summed E-state index contributed by atoms with van der Waals surface area (Å²) in [5, 5.41) is 10.5. The van der Waals surface area contributed by atoms with E-state index in [9.17, 15) is 5.11 Å². The van der Waals surface area contributed by atoms with Gasteiger partial charge in [-0.25, -0.2) is 4.98 Å². The van der Waals surface area contributed by atoms with Crippen molar-refractivity contribution in [2.45, 2.75) is 45.3 Å². The van der Waals surface area contributed by atoms with E-state index in [0.717, 1.165) is 35.2 Å². The number of aromatic nitrogens is 1. The predicted molar refractivity (Wildman–Crippen MR) is 74.4 cm³/mol. The molecule has 1 N–H and O–H groups in total. The van der Waals surface area contributed by atoms with Gasteiger partial charge in [-0.05, 0) is 6.42 Å². The average Bonchev–Trinajstić information content (AvgIpc) is 2.94. The van der Waals surface area contributed by atoms with Gasteiger partial charge in [-0.2, -0.15) is 0 Å². The van der Waals surface area contributed by atoms with Crippen LogP contribution in [-0.4, -0.2) is 36.4 Å². The van der Waals surface area contributed by atoms with E-state index in [0.29, 0.717) is 6.10 Å². The van der Waals surface area contributed by atoms with Gasteiger partial charge in [0.2, 0.25) is 0 Å². The third-order valence-electron chi connectivity index (χ3n) is 3.29. The number of thiazole rings is 1. The Kier molecular flexibility index (Phi) is 3.94. The first-order valence-electron chi connectivity index (χ1n) is 6.34. The summed E-state index contributed by atoms with van der Waals surface area (Å²) in [6.07, 6.45) is 1.36. The molecule has 1 aromatic heterocycles. The van der Waals surface area contributed by atoms with Gasteiger partial charge < -0.3 is 14.7 Å². The van der Waals surface area contributed by atoms with Crippen LogP contribution in [0, 0.1) is 0 Å². The first kappa shape index (κ1) is 13.8. The van der Waals surface area contributed by atoms with E-state index in [1.807, 2.05) is 0 Å². The van der Waals surface area contributed by atoms with Crippen LogP contribution >= 0.6 is 11.3 Å². The molecule has 102 valence electrons. The van der Waals surface area contributed by atoms with Crippen LogP contribution in [-0.2, 0) is 16.8 Å². The maximum atomic E-state index is 9.46. The van der Waals surface area contributed by atoms with Crippen LogP contribution in [0.3, 0.4) is 0 Å². The number of hydrogen-bond donors (Lipinski definition) is 1. The normalized spacial score (nSPS) is 20.7.